The number of nitrogens with one attached hydrogen (secondary N) is 2. The van der Waals surface area contributed by atoms with Crippen LogP contribution in [0.2, 0.25) is 5.02 Å². The summed E-state index contributed by atoms with van der Waals surface area (Å²) in [4.78, 5) is 44.4. The quantitative estimate of drug-likeness (QED) is 0.503. The van der Waals surface area contributed by atoms with Crippen LogP contribution in [0.5, 0.6) is 0 Å². The Bertz CT molecular complexity index is 1260. The van der Waals surface area contributed by atoms with E-state index < -0.39 is 29.1 Å². The molecule has 5 atom stereocenters. The molecule has 9 heteroatoms. The molecule has 3 amide bonds. The summed E-state index contributed by atoms with van der Waals surface area (Å²) in [5, 5.41) is 8.81. The number of amides is 3. The number of hydrogen-bond acceptors (Lipinski definition) is 5. The molecule has 4 heterocycles. The van der Waals surface area contributed by atoms with E-state index in [4.69, 9.17) is 16.3 Å². The van der Waals surface area contributed by atoms with Gasteiger partial charge >= 0.3 is 0 Å². The number of nitrogens with zero attached hydrogens (tertiary/aromatic N) is 1. The van der Waals surface area contributed by atoms with Gasteiger partial charge in [-0.2, -0.15) is 0 Å². The third-order valence-corrected chi connectivity index (χ3v) is 9.69. The Labute approximate surface area is 231 Å². The van der Waals surface area contributed by atoms with Crippen molar-refractivity contribution in [3.05, 3.63) is 69.4 Å². The summed E-state index contributed by atoms with van der Waals surface area (Å²) in [5.41, 5.74) is -1.30. The lowest BCUT2D eigenvalue weighted by Gasteiger charge is -2.34. The number of halogens is 1. The van der Waals surface area contributed by atoms with Crippen molar-refractivity contribution in [2.24, 2.45) is 11.8 Å². The molecule has 7 nitrogen and oxygen atoms in total. The number of ether oxygens (including phenoxy) is 1. The summed E-state index contributed by atoms with van der Waals surface area (Å²) in [6.07, 6.45) is 8.94. The van der Waals surface area contributed by atoms with Crippen molar-refractivity contribution < 1.29 is 19.1 Å². The van der Waals surface area contributed by atoms with Gasteiger partial charge in [0.1, 0.15) is 11.6 Å². The van der Waals surface area contributed by atoms with E-state index in [1.165, 1.54) is 6.42 Å². The molecule has 2 N–H and O–H groups in total. The Morgan fingerprint density at radius 1 is 1.11 bits per heavy atom. The minimum Gasteiger partial charge on any atom is -0.356 e. The predicted molar refractivity (Wildman–Crippen MR) is 145 cm³/mol. The monoisotopic (exact) mass is 553 g/mol. The molecule has 1 aliphatic carbocycles. The maximum absolute atomic E-state index is 14.2. The Morgan fingerprint density at radius 2 is 1.87 bits per heavy atom. The molecule has 1 spiro atoms. The van der Waals surface area contributed by atoms with Crippen LogP contribution in [0.4, 0.5) is 0 Å². The van der Waals surface area contributed by atoms with Crippen molar-refractivity contribution in [2.75, 3.05) is 0 Å². The molecule has 2 saturated heterocycles. The molecule has 0 radical (unpaired) electrons. The van der Waals surface area contributed by atoms with E-state index in [9.17, 15) is 14.4 Å². The first-order valence-corrected chi connectivity index (χ1v) is 14.6. The highest BCUT2D eigenvalue weighted by atomic mass is 35.5. The van der Waals surface area contributed by atoms with Gasteiger partial charge in [0.05, 0.1) is 24.0 Å². The first-order chi connectivity index (χ1) is 18.3. The molecule has 1 aromatic carbocycles. The molecule has 3 aliphatic heterocycles. The van der Waals surface area contributed by atoms with Gasteiger partial charge in [-0.3, -0.25) is 14.4 Å². The number of carbonyl (C=O) groups is 3. The standard InChI is InChI=1S/C29H32ClN3O4S/c1-28-13-14-29(37-28)23(22(28)25(34)31-16-21-8-5-15-38-21)27(36)33(17-18-9-11-19(30)12-10-18)24(29)26(35)32-20-6-3-2-4-7-20/h5,8-15,20,22-24H,2-4,6-7,16-17H2,1H3,(H,31,34)(H,32,35)/t22-,23-,24-,28-,29+/m0/s1. The molecular weight excluding hydrogens is 522 g/mol. The van der Waals surface area contributed by atoms with Crippen LogP contribution in [0, 0.1) is 11.8 Å². The van der Waals surface area contributed by atoms with Crippen molar-refractivity contribution in [2.45, 2.75) is 75.4 Å². The number of benzene rings is 1. The van der Waals surface area contributed by atoms with Crippen molar-refractivity contribution in [3.8, 4) is 0 Å². The van der Waals surface area contributed by atoms with Crippen molar-refractivity contribution in [1.29, 1.82) is 0 Å². The predicted octanol–water partition coefficient (Wildman–Crippen LogP) is 4.21. The molecule has 38 heavy (non-hydrogen) atoms. The van der Waals surface area contributed by atoms with Gasteiger partial charge < -0.3 is 20.3 Å². The smallest absolute Gasteiger partial charge is 0.246 e. The fraction of sp³-hybridized carbons (Fsp3) is 0.483. The zero-order chi connectivity index (χ0) is 26.5. The van der Waals surface area contributed by atoms with E-state index in [0.29, 0.717) is 11.6 Å². The largest absolute Gasteiger partial charge is 0.356 e. The lowest BCUT2D eigenvalue weighted by Crippen LogP contribution is -2.56. The van der Waals surface area contributed by atoms with Crippen LogP contribution in [0.3, 0.4) is 0 Å². The number of fused-ring (bicyclic) bond motifs is 1. The molecule has 0 unspecified atom stereocenters. The highest BCUT2D eigenvalue weighted by Crippen LogP contribution is 2.59. The summed E-state index contributed by atoms with van der Waals surface area (Å²) >= 11 is 7.66. The van der Waals surface area contributed by atoms with Crippen LogP contribution in [-0.4, -0.2) is 45.9 Å². The lowest BCUT2D eigenvalue weighted by atomic mass is 9.70. The van der Waals surface area contributed by atoms with Gasteiger partial charge in [-0.15, -0.1) is 11.3 Å². The molecule has 4 aliphatic rings. The highest BCUT2D eigenvalue weighted by molar-refractivity contribution is 7.09. The fourth-order valence-electron chi connectivity index (χ4n) is 6.81. The summed E-state index contributed by atoms with van der Waals surface area (Å²) in [6.45, 7) is 2.47. The van der Waals surface area contributed by atoms with Gasteiger partial charge in [-0.25, -0.2) is 0 Å². The second-order valence-corrected chi connectivity index (χ2v) is 12.5. The van der Waals surface area contributed by atoms with Crippen molar-refractivity contribution in [1.82, 2.24) is 15.5 Å². The highest BCUT2D eigenvalue weighted by Gasteiger charge is 2.76. The maximum Gasteiger partial charge on any atom is 0.246 e. The van der Waals surface area contributed by atoms with E-state index in [2.05, 4.69) is 10.6 Å². The number of likely N-dealkylation sites (tertiary alicyclic amines) is 1. The average Bonchev–Trinajstić information content (AvgIpc) is 3.65. The second kappa shape index (κ2) is 9.81. The summed E-state index contributed by atoms with van der Waals surface area (Å²) in [7, 11) is 0. The summed E-state index contributed by atoms with van der Waals surface area (Å²) in [5.74, 6) is -2.19. The Kier molecular flexibility index (Phi) is 6.61. The van der Waals surface area contributed by atoms with Crippen LogP contribution >= 0.6 is 22.9 Å². The van der Waals surface area contributed by atoms with Crippen LogP contribution in [-0.2, 0) is 32.2 Å². The molecule has 2 bridgehead atoms. The van der Waals surface area contributed by atoms with Crippen molar-refractivity contribution in [3.63, 3.8) is 0 Å². The minimum absolute atomic E-state index is 0.0854. The Balaban J connectivity index is 1.33. The van der Waals surface area contributed by atoms with Crippen molar-refractivity contribution >= 4 is 40.7 Å². The Morgan fingerprint density at radius 3 is 2.58 bits per heavy atom. The first kappa shape index (κ1) is 25.6. The SMILES string of the molecule is C[C@@]12C=C[C@@]3(O1)[C@H](C(=O)N(Cc1ccc(Cl)cc1)[C@H]3C(=O)NC1CCCCC1)[C@H]2C(=O)NCc1cccs1. The summed E-state index contributed by atoms with van der Waals surface area (Å²) in [6, 6.07) is 10.4. The van der Waals surface area contributed by atoms with Gasteiger partial charge in [0.2, 0.25) is 17.7 Å². The molecule has 2 aromatic rings. The van der Waals surface area contributed by atoms with Crippen LogP contribution in [0.1, 0.15) is 49.5 Å². The average molecular weight is 554 g/mol. The van der Waals surface area contributed by atoms with Gasteiger partial charge in [0.25, 0.3) is 0 Å². The van der Waals surface area contributed by atoms with Gasteiger partial charge in [0.15, 0.2) is 0 Å². The summed E-state index contributed by atoms with van der Waals surface area (Å²) < 4.78 is 6.61. The first-order valence-electron chi connectivity index (χ1n) is 13.4. The van der Waals surface area contributed by atoms with Gasteiger partial charge in [-0.1, -0.05) is 61.2 Å². The molecular formula is C29H32ClN3O4S. The van der Waals surface area contributed by atoms with E-state index in [1.54, 1.807) is 28.4 Å². The second-order valence-electron chi connectivity index (χ2n) is 11.1. The van der Waals surface area contributed by atoms with Gasteiger partial charge in [-0.05, 0) is 48.9 Å². The molecule has 3 fully saturated rings. The molecule has 1 aromatic heterocycles. The van der Waals surface area contributed by atoms with Crippen LogP contribution in [0.25, 0.3) is 0 Å². The normalized spacial score (nSPS) is 32.0. The Hall–Kier alpha value is -2.68. The zero-order valence-electron chi connectivity index (χ0n) is 21.3. The number of hydrogen-bond donors (Lipinski definition) is 2. The minimum atomic E-state index is -1.19. The third-order valence-electron chi connectivity index (χ3n) is 8.56. The molecule has 200 valence electrons. The number of rotatable bonds is 7. The number of carbonyl (C=O) groups excluding carboxylic acids is 3. The lowest BCUT2D eigenvalue weighted by molar-refractivity contribution is -0.145. The van der Waals surface area contributed by atoms with E-state index in [1.807, 2.05) is 48.7 Å². The topological polar surface area (TPSA) is 87.7 Å². The molecule has 1 saturated carbocycles. The van der Waals surface area contributed by atoms with Crippen LogP contribution in [0.15, 0.2) is 53.9 Å². The van der Waals surface area contributed by atoms with E-state index >= 15 is 0 Å². The number of thiophene rings is 1. The third kappa shape index (κ3) is 4.27. The zero-order valence-corrected chi connectivity index (χ0v) is 22.9. The maximum atomic E-state index is 14.2. The fourth-order valence-corrected chi connectivity index (χ4v) is 7.58. The van der Waals surface area contributed by atoms with E-state index in [-0.39, 0.29) is 30.3 Å². The van der Waals surface area contributed by atoms with Crippen LogP contribution < -0.4 is 10.6 Å². The van der Waals surface area contributed by atoms with Gasteiger partial charge in [0, 0.05) is 22.5 Å². The molecule has 6 rings (SSSR count). The van der Waals surface area contributed by atoms with E-state index in [0.717, 1.165) is 36.1 Å².